The van der Waals surface area contributed by atoms with Crippen molar-refractivity contribution in [3.63, 3.8) is 0 Å². The van der Waals surface area contributed by atoms with Crippen LogP contribution in [0.3, 0.4) is 0 Å². The van der Waals surface area contributed by atoms with E-state index in [-0.39, 0.29) is 17.1 Å². The lowest BCUT2D eigenvalue weighted by molar-refractivity contribution is 0.0697. The van der Waals surface area contributed by atoms with Crippen LogP contribution in [0.15, 0.2) is 12.1 Å². The molecular formula is C7H5N3O2. The van der Waals surface area contributed by atoms with Crippen molar-refractivity contribution >= 4 is 11.8 Å². The second-order valence-electron chi connectivity index (χ2n) is 2.08. The molecule has 0 radical (unpaired) electrons. The molecule has 0 fully saturated rings. The molecule has 0 atom stereocenters. The van der Waals surface area contributed by atoms with Crippen molar-refractivity contribution in [2.75, 3.05) is 5.73 Å². The first-order chi connectivity index (χ1) is 5.63. The number of anilines is 1. The van der Waals surface area contributed by atoms with Crippen LogP contribution in [0.2, 0.25) is 0 Å². The summed E-state index contributed by atoms with van der Waals surface area (Å²) >= 11 is 0. The van der Waals surface area contributed by atoms with E-state index in [9.17, 15) is 4.79 Å². The molecule has 3 N–H and O–H groups in total. The molecule has 0 saturated heterocycles. The Bertz CT molecular complexity index is 367. The van der Waals surface area contributed by atoms with Gasteiger partial charge in [-0.25, -0.2) is 9.78 Å². The summed E-state index contributed by atoms with van der Waals surface area (Å²) in [6.07, 6.45) is 0. The van der Waals surface area contributed by atoms with E-state index in [1.165, 1.54) is 12.1 Å². The molecule has 12 heavy (non-hydrogen) atoms. The van der Waals surface area contributed by atoms with Crippen LogP contribution in [0.1, 0.15) is 16.1 Å². The van der Waals surface area contributed by atoms with Crippen molar-refractivity contribution in [2.45, 2.75) is 0 Å². The third kappa shape index (κ3) is 1.49. The molecule has 0 bridgehead atoms. The number of aromatic carboxylic acids is 1. The van der Waals surface area contributed by atoms with Gasteiger partial charge in [0.2, 0.25) is 0 Å². The highest BCUT2D eigenvalue weighted by Crippen LogP contribution is 2.06. The summed E-state index contributed by atoms with van der Waals surface area (Å²) in [6, 6.07) is 4.07. The SMILES string of the molecule is N#Cc1cc(C(=O)O)cc(N)n1. The zero-order valence-electron chi connectivity index (χ0n) is 5.98. The Labute approximate surface area is 68.1 Å². The number of carboxylic acid groups (broad SMARTS) is 1. The van der Waals surface area contributed by atoms with Gasteiger partial charge in [-0.3, -0.25) is 0 Å². The van der Waals surface area contributed by atoms with Crippen molar-refractivity contribution in [3.05, 3.63) is 23.4 Å². The molecule has 0 spiro atoms. The molecule has 1 aromatic heterocycles. The minimum Gasteiger partial charge on any atom is -0.478 e. The number of nitriles is 1. The molecule has 5 heteroatoms. The Hall–Kier alpha value is -2.09. The van der Waals surface area contributed by atoms with Gasteiger partial charge in [0.1, 0.15) is 17.6 Å². The molecule has 1 heterocycles. The van der Waals surface area contributed by atoms with E-state index in [1.807, 2.05) is 0 Å². The summed E-state index contributed by atoms with van der Waals surface area (Å²) in [6.45, 7) is 0. The van der Waals surface area contributed by atoms with Crippen LogP contribution in [0.5, 0.6) is 0 Å². The summed E-state index contributed by atoms with van der Waals surface area (Å²) in [4.78, 5) is 14.0. The number of hydrogen-bond donors (Lipinski definition) is 2. The van der Waals surface area contributed by atoms with Gasteiger partial charge in [0.05, 0.1) is 5.56 Å². The molecule has 0 unspecified atom stereocenters. The highest BCUT2D eigenvalue weighted by atomic mass is 16.4. The molecule has 60 valence electrons. The Morgan fingerprint density at radius 3 is 2.83 bits per heavy atom. The monoisotopic (exact) mass is 163 g/mol. The third-order valence-corrected chi connectivity index (χ3v) is 1.21. The van der Waals surface area contributed by atoms with Crippen LogP contribution >= 0.6 is 0 Å². The topological polar surface area (TPSA) is 100 Å². The number of nitrogens with two attached hydrogens (primary N) is 1. The van der Waals surface area contributed by atoms with Crippen molar-refractivity contribution in [2.24, 2.45) is 0 Å². The number of aromatic nitrogens is 1. The van der Waals surface area contributed by atoms with E-state index >= 15 is 0 Å². The summed E-state index contributed by atoms with van der Waals surface area (Å²) in [5, 5.41) is 16.9. The smallest absolute Gasteiger partial charge is 0.335 e. The van der Waals surface area contributed by atoms with Gasteiger partial charge < -0.3 is 10.8 Å². The lowest BCUT2D eigenvalue weighted by atomic mass is 10.2. The number of carboxylic acids is 1. The summed E-state index contributed by atoms with van der Waals surface area (Å²) in [5.74, 6) is -1.09. The first-order valence-electron chi connectivity index (χ1n) is 3.04. The Balaban J connectivity index is 3.26. The van der Waals surface area contributed by atoms with E-state index in [4.69, 9.17) is 16.1 Å². The quantitative estimate of drug-likeness (QED) is 0.617. The number of carbonyl (C=O) groups is 1. The standard InChI is InChI=1S/C7H5N3O2/c8-3-5-1-4(7(11)12)2-6(9)10-5/h1-2H,(H2,9,10)(H,11,12). The molecule has 0 aromatic carbocycles. The molecule has 1 rings (SSSR count). The van der Waals surface area contributed by atoms with Crippen molar-refractivity contribution in [3.8, 4) is 6.07 Å². The predicted molar refractivity (Wildman–Crippen MR) is 40.3 cm³/mol. The van der Waals surface area contributed by atoms with Crippen LogP contribution in [0, 0.1) is 11.3 Å². The molecule has 5 nitrogen and oxygen atoms in total. The molecule has 0 aliphatic heterocycles. The second-order valence-corrected chi connectivity index (χ2v) is 2.08. The Kier molecular flexibility index (Phi) is 1.92. The van der Waals surface area contributed by atoms with Crippen LogP contribution in [0.25, 0.3) is 0 Å². The molecule has 1 aromatic rings. The van der Waals surface area contributed by atoms with Gasteiger partial charge in [-0.05, 0) is 12.1 Å². The van der Waals surface area contributed by atoms with E-state index < -0.39 is 5.97 Å². The van der Waals surface area contributed by atoms with Gasteiger partial charge in [-0.2, -0.15) is 5.26 Å². The first kappa shape index (κ1) is 8.01. The second kappa shape index (κ2) is 2.88. The Morgan fingerprint density at radius 2 is 2.33 bits per heavy atom. The highest BCUT2D eigenvalue weighted by molar-refractivity contribution is 5.88. The third-order valence-electron chi connectivity index (χ3n) is 1.21. The molecular weight excluding hydrogens is 158 g/mol. The van der Waals surface area contributed by atoms with E-state index in [2.05, 4.69) is 4.98 Å². The van der Waals surface area contributed by atoms with Crippen LogP contribution < -0.4 is 5.73 Å². The van der Waals surface area contributed by atoms with Gasteiger partial charge in [-0.15, -0.1) is 0 Å². The lowest BCUT2D eigenvalue weighted by Gasteiger charge is -1.96. The van der Waals surface area contributed by atoms with Gasteiger partial charge >= 0.3 is 5.97 Å². The summed E-state index contributed by atoms with van der Waals surface area (Å²) in [7, 11) is 0. The van der Waals surface area contributed by atoms with Crippen LogP contribution in [0.4, 0.5) is 5.82 Å². The highest BCUT2D eigenvalue weighted by Gasteiger charge is 2.05. The predicted octanol–water partition coefficient (Wildman–Crippen LogP) is 0.234. The van der Waals surface area contributed by atoms with Crippen LogP contribution in [-0.4, -0.2) is 16.1 Å². The fourth-order valence-electron chi connectivity index (χ4n) is 0.733. The van der Waals surface area contributed by atoms with Gasteiger partial charge in [0.15, 0.2) is 0 Å². The largest absolute Gasteiger partial charge is 0.478 e. The average Bonchev–Trinajstić information content (AvgIpc) is 2.03. The van der Waals surface area contributed by atoms with Crippen LogP contribution in [-0.2, 0) is 0 Å². The summed E-state index contributed by atoms with van der Waals surface area (Å²) < 4.78 is 0. The average molecular weight is 163 g/mol. The maximum atomic E-state index is 10.4. The normalized spacial score (nSPS) is 8.92. The minimum absolute atomic E-state index is 0.00685. The number of nitrogen functional groups attached to an aromatic ring is 1. The Morgan fingerprint density at radius 1 is 1.67 bits per heavy atom. The van der Waals surface area contributed by atoms with Gasteiger partial charge in [-0.1, -0.05) is 0 Å². The van der Waals surface area contributed by atoms with Crippen molar-refractivity contribution in [1.82, 2.24) is 4.98 Å². The molecule has 0 amide bonds. The van der Waals surface area contributed by atoms with E-state index in [0.29, 0.717) is 0 Å². The zero-order chi connectivity index (χ0) is 9.14. The number of nitrogens with zero attached hydrogens (tertiary/aromatic N) is 2. The zero-order valence-corrected chi connectivity index (χ0v) is 5.98. The van der Waals surface area contributed by atoms with Crippen molar-refractivity contribution < 1.29 is 9.90 Å². The van der Waals surface area contributed by atoms with Gasteiger partial charge in [0, 0.05) is 0 Å². The lowest BCUT2D eigenvalue weighted by Crippen LogP contribution is -2.01. The first-order valence-corrected chi connectivity index (χ1v) is 3.04. The molecule has 0 aliphatic carbocycles. The molecule has 0 saturated carbocycles. The maximum absolute atomic E-state index is 10.4. The van der Waals surface area contributed by atoms with Gasteiger partial charge in [0.25, 0.3) is 0 Å². The molecule has 0 aliphatic rings. The van der Waals surface area contributed by atoms with E-state index in [0.717, 1.165) is 0 Å². The van der Waals surface area contributed by atoms with E-state index in [1.54, 1.807) is 6.07 Å². The number of rotatable bonds is 1. The fraction of sp³-hybridized carbons (Fsp3) is 0. The number of hydrogen-bond acceptors (Lipinski definition) is 4. The number of pyridine rings is 1. The fourth-order valence-corrected chi connectivity index (χ4v) is 0.733. The maximum Gasteiger partial charge on any atom is 0.335 e. The minimum atomic E-state index is -1.12. The summed E-state index contributed by atoms with van der Waals surface area (Å²) in [5.41, 5.74) is 5.23. The van der Waals surface area contributed by atoms with Crippen molar-refractivity contribution in [1.29, 1.82) is 5.26 Å².